The van der Waals surface area contributed by atoms with Gasteiger partial charge in [-0.1, -0.05) is 57.0 Å². The highest BCUT2D eigenvalue weighted by atomic mass is 32.2. The van der Waals surface area contributed by atoms with E-state index in [-0.39, 0.29) is 11.5 Å². The van der Waals surface area contributed by atoms with Crippen molar-refractivity contribution in [3.05, 3.63) is 35.9 Å². The van der Waals surface area contributed by atoms with Gasteiger partial charge < -0.3 is 15.7 Å². The van der Waals surface area contributed by atoms with Crippen LogP contribution in [0.1, 0.15) is 58.4 Å². The van der Waals surface area contributed by atoms with Crippen molar-refractivity contribution in [1.82, 2.24) is 10.6 Å². The van der Waals surface area contributed by atoms with Crippen molar-refractivity contribution in [2.45, 2.75) is 64.2 Å². The van der Waals surface area contributed by atoms with Gasteiger partial charge in [-0.05, 0) is 31.7 Å². The third kappa shape index (κ3) is 10.1. The molecule has 0 aromatic heterocycles. The fourth-order valence-electron chi connectivity index (χ4n) is 3.18. The molecule has 7 heteroatoms. The number of sulfone groups is 1. The molecular formula is C21H37N3O3S. The van der Waals surface area contributed by atoms with E-state index in [1.165, 1.54) is 0 Å². The Morgan fingerprint density at radius 3 is 2.29 bits per heavy atom. The van der Waals surface area contributed by atoms with Crippen molar-refractivity contribution >= 4 is 15.8 Å². The second-order valence-corrected chi connectivity index (χ2v) is 9.46. The number of aliphatic hydroxyl groups is 1. The Morgan fingerprint density at radius 2 is 1.71 bits per heavy atom. The minimum Gasteiger partial charge on any atom is -0.388 e. The Morgan fingerprint density at radius 1 is 1.07 bits per heavy atom. The monoisotopic (exact) mass is 411 g/mol. The first-order valence-corrected chi connectivity index (χ1v) is 12.1. The molecule has 0 heterocycles. The van der Waals surface area contributed by atoms with Crippen LogP contribution in [-0.4, -0.2) is 50.5 Å². The maximum Gasteiger partial charge on any atom is 0.191 e. The molecule has 0 bridgehead atoms. The molecule has 0 saturated carbocycles. The molecule has 0 saturated heterocycles. The molecule has 0 aliphatic carbocycles. The number of benzene rings is 1. The largest absolute Gasteiger partial charge is 0.388 e. The summed E-state index contributed by atoms with van der Waals surface area (Å²) < 4.78 is 24.5. The van der Waals surface area contributed by atoms with Gasteiger partial charge >= 0.3 is 0 Å². The van der Waals surface area contributed by atoms with Crippen molar-refractivity contribution < 1.29 is 13.5 Å². The highest BCUT2D eigenvalue weighted by Crippen LogP contribution is 2.19. The minimum absolute atomic E-state index is 0.0725. The van der Waals surface area contributed by atoms with Gasteiger partial charge in [-0.2, -0.15) is 0 Å². The van der Waals surface area contributed by atoms with Gasteiger partial charge in [0.05, 0.1) is 23.7 Å². The average molecular weight is 412 g/mol. The lowest BCUT2D eigenvalue weighted by Crippen LogP contribution is -2.40. The minimum atomic E-state index is -3.14. The number of nitrogens with zero attached hydrogens (tertiary/aromatic N) is 1. The summed E-state index contributed by atoms with van der Waals surface area (Å²) in [6, 6.07) is 9.25. The standard InChI is InChI=1S/C21H37N3O3S/c1-4-13-21(25,14-5-2)18-24-20(22-6-3)23-15-10-16-28(26,27)17-19-11-8-7-9-12-19/h7-9,11-12,25H,4-6,10,13-18H2,1-3H3,(H2,22,23,24). The normalized spacial score (nSPS) is 12.8. The van der Waals surface area contributed by atoms with Crippen molar-refractivity contribution in [2.24, 2.45) is 4.99 Å². The van der Waals surface area contributed by atoms with Gasteiger partial charge in [-0.15, -0.1) is 0 Å². The topological polar surface area (TPSA) is 90.8 Å². The summed E-state index contributed by atoms with van der Waals surface area (Å²) in [6.45, 7) is 7.66. The zero-order valence-corrected chi connectivity index (χ0v) is 18.4. The van der Waals surface area contributed by atoms with E-state index in [0.29, 0.717) is 32.0 Å². The Hall–Kier alpha value is -1.60. The smallest absolute Gasteiger partial charge is 0.191 e. The number of rotatable bonds is 13. The van der Waals surface area contributed by atoms with Crippen LogP contribution in [-0.2, 0) is 15.6 Å². The second kappa shape index (κ2) is 12.8. The number of aliphatic imine (C=N–C) groups is 1. The van der Waals surface area contributed by atoms with E-state index in [1.807, 2.05) is 37.3 Å². The molecule has 0 fully saturated rings. The molecule has 0 atom stereocenters. The first-order chi connectivity index (χ1) is 13.3. The van der Waals surface area contributed by atoms with Crippen LogP contribution >= 0.6 is 0 Å². The number of hydrogen-bond donors (Lipinski definition) is 3. The van der Waals surface area contributed by atoms with Crippen molar-refractivity contribution in [3.63, 3.8) is 0 Å². The van der Waals surface area contributed by atoms with Gasteiger partial charge in [-0.3, -0.25) is 4.99 Å². The molecule has 0 aliphatic heterocycles. The number of guanidine groups is 1. The summed E-state index contributed by atoms with van der Waals surface area (Å²) in [6.07, 6.45) is 3.78. The summed E-state index contributed by atoms with van der Waals surface area (Å²) >= 11 is 0. The summed E-state index contributed by atoms with van der Waals surface area (Å²) in [5.74, 6) is 0.820. The predicted octanol–water partition coefficient (Wildman–Crippen LogP) is 2.88. The molecule has 0 spiro atoms. The van der Waals surface area contributed by atoms with E-state index in [1.54, 1.807) is 0 Å². The summed E-state index contributed by atoms with van der Waals surface area (Å²) in [4.78, 5) is 4.52. The van der Waals surface area contributed by atoms with Gasteiger partial charge in [0.15, 0.2) is 15.8 Å². The molecule has 6 nitrogen and oxygen atoms in total. The average Bonchev–Trinajstić information content (AvgIpc) is 2.64. The molecule has 28 heavy (non-hydrogen) atoms. The van der Waals surface area contributed by atoms with Gasteiger partial charge in [0, 0.05) is 13.1 Å². The Labute approximate surface area is 170 Å². The van der Waals surface area contributed by atoms with Crippen molar-refractivity contribution in [2.75, 3.05) is 25.4 Å². The molecule has 1 aromatic rings. The van der Waals surface area contributed by atoms with Crippen molar-refractivity contribution in [1.29, 1.82) is 0 Å². The quantitative estimate of drug-likeness (QED) is 0.264. The molecule has 0 aliphatic rings. The zero-order chi connectivity index (χ0) is 20.9. The molecule has 160 valence electrons. The molecule has 1 aromatic carbocycles. The highest BCUT2D eigenvalue weighted by molar-refractivity contribution is 7.90. The van der Waals surface area contributed by atoms with E-state index in [0.717, 1.165) is 31.2 Å². The van der Waals surface area contributed by atoms with Crippen molar-refractivity contribution in [3.8, 4) is 0 Å². The third-order valence-corrected chi connectivity index (χ3v) is 6.14. The van der Waals surface area contributed by atoms with E-state index in [4.69, 9.17) is 0 Å². The lowest BCUT2D eigenvalue weighted by molar-refractivity contribution is 0.0306. The van der Waals surface area contributed by atoms with Crippen LogP contribution < -0.4 is 10.6 Å². The lowest BCUT2D eigenvalue weighted by atomic mass is 9.93. The first kappa shape index (κ1) is 24.4. The third-order valence-electron chi connectivity index (χ3n) is 4.46. The molecular weight excluding hydrogens is 374 g/mol. The zero-order valence-electron chi connectivity index (χ0n) is 17.6. The van der Waals surface area contributed by atoms with Gasteiger partial charge in [0.2, 0.25) is 0 Å². The fraction of sp³-hybridized carbons (Fsp3) is 0.667. The Kier molecular flexibility index (Phi) is 11.2. The number of nitrogens with one attached hydrogen (secondary N) is 2. The fourth-order valence-corrected chi connectivity index (χ4v) is 4.61. The second-order valence-electron chi connectivity index (χ2n) is 7.28. The van der Waals surface area contributed by atoms with E-state index >= 15 is 0 Å². The van der Waals surface area contributed by atoms with Crippen LogP contribution in [0.4, 0.5) is 0 Å². The Bertz CT molecular complexity index is 669. The van der Waals surface area contributed by atoms with Crippen LogP contribution in [0.25, 0.3) is 0 Å². The molecule has 0 amide bonds. The lowest BCUT2D eigenvalue weighted by Gasteiger charge is -2.26. The summed E-state index contributed by atoms with van der Waals surface area (Å²) in [7, 11) is -3.14. The van der Waals surface area contributed by atoms with Crippen LogP contribution in [0.5, 0.6) is 0 Å². The summed E-state index contributed by atoms with van der Waals surface area (Å²) in [5.41, 5.74) is 0.0433. The molecule has 0 radical (unpaired) electrons. The van der Waals surface area contributed by atoms with E-state index in [9.17, 15) is 13.5 Å². The van der Waals surface area contributed by atoms with Crippen LogP contribution in [0, 0.1) is 0 Å². The van der Waals surface area contributed by atoms with E-state index in [2.05, 4.69) is 29.5 Å². The SMILES string of the molecule is CCCC(O)(CCC)CN=C(NCC)NCCCS(=O)(=O)Cc1ccccc1. The van der Waals surface area contributed by atoms with Crippen LogP contribution in [0.15, 0.2) is 35.3 Å². The van der Waals surface area contributed by atoms with Crippen LogP contribution in [0.2, 0.25) is 0 Å². The van der Waals surface area contributed by atoms with E-state index < -0.39 is 15.4 Å². The molecule has 1 rings (SSSR count). The van der Waals surface area contributed by atoms with Gasteiger partial charge in [-0.25, -0.2) is 8.42 Å². The maximum absolute atomic E-state index is 12.3. The summed E-state index contributed by atoms with van der Waals surface area (Å²) in [5, 5.41) is 17.0. The predicted molar refractivity (Wildman–Crippen MR) is 117 cm³/mol. The molecule has 3 N–H and O–H groups in total. The van der Waals surface area contributed by atoms with Gasteiger partial charge in [0.1, 0.15) is 0 Å². The first-order valence-electron chi connectivity index (χ1n) is 10.3. The van der Waals surface area contributed by atoms with Crippen LogP contribution in [0.3, 0.4) is 0 Å². The maximum atomic E-state index is 12.3. The molecule has 0 unspecified atom stereocenters. The van der Waals surface area contributed by atoms with Gasteiger partial charge in [0.25, 0.3) is 0 Å². The Balaban J connectivity index is 2.51. The highest BCUT2D eigenvalue weighted by Gasteiger charge is 2.24. The number of hydrogen-bond acceptors (Lipinski definition) is 4.